The lowest BCUT2D eigenvalue weighted by atomic mass is 10.1. The molecule has 1 N–H and O–H groups in total. The summed E-state index contributed by atoms with van der Waals surface area (Å²) in [5, 5.41) is 8.64. The number of carboxylic acids is 1. The molecule has 24 heavy (non-hydrogen) atoms. The number of ether oxygens (including phenoxy) is 2. The van der Waals surface area contributed by atoms with E-state index >= 15 is 0 Å². The Bertz CT molecular complexity index is 508. The van der Waals surface area contributed by atoms with E-state index < -0.39 is 53.2 Å². The van der Waals surface area contributed by atoms with Crippen LogP contribution < -0.4 is 0 Å². The van der Waals surface area contributed by atoms with E-state index in [0.29, 0.717) is 16.7 Å². The predicted molar refractivity (Wildman–Crippen MR) is 77.2 cm³/mol. The van der Waals surface area contributed by atoms with Crippen LogP contribution in [0, 0.1) is 5.92 Å². The Morgan fingerprint density at radius 3 is 2.25 bits per heavy atom. The fraction of sp³-hybridized carbons (Fsp3) is 0.769. The van der Waals surface area contributed by atoms with Crippen LogP contribution in [0.25, 0.3) is 0 Å². The summed E-state index contributed by atoms with van der Waals surface area (Å²) >= 11 is 0.358. The summed E-state index contributed by atoms with van der Waals surface area (Å²) in [5.74, 6) is -7.66. The van der Waals surface area contributed by atoms with Crippen molar-refractivity contribution in [2.45, 2.75) is 31.3 Å². The second kappa shape index (κ2) is 7.70. The second-order valence-corrected chi connectivity index (χ2v) is 6.44. The highest BCUT2D eigenvalue weighted by Gasteiger charge is 2.55. The number of hydrogen-bond donors (Lipinski definition) is 1. The van der Waals surface area contributed by atoms with E-state index in [2.05, 4.69) is 0 Å². The molecule has 1 aliphatic heterocycles. The molecule has 0 saturated carbocycles. The van der Waals surface area contributed by atoms with Gasteiger partial charge in [-0.3, -0.25) is 9.59 Å². The van der Waals surface area contributed by atoms with Crippen LogP contribution in [0.1, 0.15) is 13.3 Å². The zero-order valence-electron chi connectivity index (χ0n) is 13.3. The summed E-state index contributed by atoms with van der Waals surface area (Å²) in [4.78, 5) is 35.2. The summed E-state index contributed by atoms with van der Waals surface area (Å²) in [6, 6.07) is -1.51. The summed E-state index contributed by atoms with van der Waals surface area (Å²) < 4.78 is 49.6. The van der Waals surface area contributed by atoms with Crippen LogP contribution in [0.5, 0.6) is 0 Å². The molecule has 1 unspecified atom stereocenters. The van der Waals surface area contributed by atoms with E-state index in [1.54, 1.807) is 0 Å². The number of carbonyl (C=O) groups excluding carboxylic acids is 2. The van der Waals surface area contributed by atoms with Crippen molar-refractivity contribution in [1.29, 1.82) is 0 Å². The highest BCUT2D eigenvalue weighted by atomic mass is 32.2. The molecule has 0 aliphatic carbocycles. The first kappa shape index (κ1) is 20.7. The molecule has 1 saturated heterocycles. The van der Waals surface area contributed by atoms with Gasteiger partial charge in [0.25, 0.3) is 0 Å². The molecule has 0 aromatic carbocycles. The topological polar surface area (TPSA) is 93.1 Å². The first-order valence-electron chi connectivity index (χ1n) is 6.81. The first-order chi connectivity index (χ1) is 11.0. The zero-order valence-corrected chi connectivity index (χ0v) is 14.1. The number of methoxy groups -OCH3 is 2. The second-order valence-electron chi connectivity index (χ2n) is 5.24. The highest BCUT2D eigenvalue weighted by Crippen LogP contribution is 2.36. The van der Waals surface area contributed by atoms with Crippen LogP contribution in [-0.2, 0) is 23.9 Å². The molecule has 0 aromatic heterocycles. The number of aliphatic carboxylic acids is 1. The summed E-state index contributed by atoms with van der Waals surface area (Å²) in [7, 11) is 2.42. The van der Waals surface area contributed by atoms with Crippen LogP contribution in [0.3, 0.4) is 0 Å². The summed E-state index contributed by atoms with van der Waals surface area (Å²) in [6.07, 6.45) is -5.21. The Labute approximate surface area is 140 Å². The summed E-state index contributed by atoms with van der Waals surface area (Å²) in [6.45, 7) is 0.631. The van der Waals surface area contributed by atoms with Crippen molar-refractivity contribution in [3.05, 3.63) is 0 Å². The molecule has 1 aliphatic rings. The number of rotatable bonds is 6. The van der Waals surface area contributed by atoms with Gasteiger partial charge >= 0.3 is 12.1 Å². The smallest absolute Gasteiger partial charge is 0.401 e. The van der Waals surface area contributed by atoms with Gasteiger partial charge in [-0.2, -0.15) is 13.2 Å². The highest BCUT2D eigenvalue weighted by molar-refractivity contribution is 8.13. The Morgan fingerprint density at radius 2 is 1.88 bits per heavy atom. The lowest BCUT2D eigenvalue weighted by Gasteiger charge is -2.29. The number of alkyl halides is 3. The normalized spacial score (nSPS) is 21.6. The van der Waals surface area contributed by atoms with Crippen molar-refractivity contribution < 1.29 is 42.1 Å². The Hall–Kier alpha value is -1.33. The lowest BCUT2D eigenvalue weighted by Crippen LogP contribution is -2.49. The maximum absolute atomic E-state index is 13.2. The number of halogens is 3. The molecule has 1 fully saturated rings. The third-order valence-electron chi connectivity index (χ3n) is 3.75. The number of likely N-dealkylation sites (tertiary alicyclic amines) is 1. The minimum Gasteiger partial charge on any atom is -0.480 e. The van der Waals surface area contributed by atoms with Crippen molar-refractivity contribution in [3.8, 4) is 0 Å². The van der Waals surface area contributed by atoms with E-state index in [1.807, 2.05) is 0 Å². The third kappa shape index (κ3) is 4.61. The van der Waals surface area contributed by atoms with E-state index in [4.69, 9.17) is 9.47 Å². The van der Waals surface area contributed by atoms with Gasteiger partial charge in [-0.25, -0.2) is 4.79 Å². The first-order valence-corrected chi connectivity index (χ1v) is 7.79. The van der Waals surface area contributed by atoms with Gasteiger partial charge in [-0.1, -0.05) is 11.8 Å². The van der Waals surface area contributed by atoms with Gasteiger partial charge < -0.3 is 19.5 Å². The number of thioether (sulfide) groups is 1. The number of carbonyl (C=O) groups is 3. The largest absolute Gasteiger partial charge is 0.480 e. The standard InChI is InChI=1S/C13H18F3NO6S/c1-7(18)24-5-8(13(14,15)16)10(19)17-6-12(22-2,23-3)4-9(17)11(20)21/h8-9H,4-6H2,1-3H3,(H,20,21)/t8?,9-/m0/s1. The van der Waals surface area contributed by atoms with Crippen LogP contribution in [0.4, 0.5) is 13.2 Å². The third-order valence-corrected chi connectivity index (χ3v) is 4.66. The average molecular weight is 373 g/mol. The Morgan fingerprint density at radius 1 is 1.33 bits per heavy atom. The number of carboxylic acid groups (broad SMARTS) is 1. The molecule has 0 radical (unpaired) electrons. The minimum atomic E-state index is -4.91. The Balaban J connectivity index is 3.10. The van der Waals surface area contributed by atoms with Crippen molar-refractivity contribution >= 4 is 28.8 Å². The molecule has 11 heteroatoms. The molecule has 1 amide bonds. The maximum Gasteiger partial charge on any atom is 0.401 e. The molecule has 0 aromatic rings. The van der Waals surface area contributed by atoms with Gasteiger partial charge in [0.05, 0.1) is 6.54 Å². The summed E-state index contributed by atoms with van der Waals surface area (Å²) in [5.41, 5.74) is 0. The van der Waals surface area contributed by atoms with Crippen molar-refractivity contribution in [3.63, 3.8) is 0 Å². The van der Waals surface area contributed by atoms with Gasteiger partial charge in [-0.15, -0.1) is 0 Å². The fourth-order valence-electron chi connectivity index (χ4n) is 2.38. The van der Waals surface area contributed by atoms with Crippen molar-refractivity contribution in [1.82, 2.24) is 4.90 Å². The molecule has 1 rings (SSSR count). The molecule has 0 bridgehead atoms. The van der Waals surface area contributed by atoms with Crippen LogP contribution in [0.15, 0.2) is 0 Å². The molecule has 1 heterocycles. The monoisotopic (exact) mass is 373 g/mol. The fourth-order valence-corrected chi connectivity index (χ4v) is 3.11. The van der Waals surface area contributed by atoms with Gasteiger partial charge in [0, 0.05) is 33.3 Å². The zero-order chi connectivity index (χ0) is 18.7. The molecular formula is C13H18F3NO6S. The minimum absolute atomic E-state index is 0.300. The molecule has 7 nitrogen and oxygen atoms in total. The van der Waals surface area contributed by atoms with Crippen molar-refractivity contribution in [2.75, 3.05) is 26.5 Å². The van der Waals surface area contributed by atoms with E-state index in [9.17, 15) is 32.7 Å². The van der Waals surface area contributed by atoms with Crippen LogP contribution >= 0.6 is 11.8 Å². The Kier molecular flexibility index (Phi) is 6.65. The number of amides is 1. The molecule has 2 atom stereocenters. The molecule has 0 spiro atoms. The molecular weight excluding hydrogens is 355 g/mol. The lowest BCUT2D eigenvalue weighted by molar-refractivity contribution is -0.202. The maximum atomic E-state index is 13.2. The number of hydrogen-bond acceptors (Lipinski definition) is 6. The van der Waals surface area contributed by atoms with Crippen LogP contribution in [-0.4, -0.2) is 71.5 Å². The average Bonchev–Trinajstić information content (AvgIpc) is 2.86. The van der Waals surface area contributed by atoms with Crippen LogP contribution in [0.2, 0.25) is 0 Å². The van der Waals surface area contributed by atoms with Crippen molar-refractivity contribution in [2.24, 2.45) is 5.92 Å². The SMILES string of the molecule is COC1(OC)C[C@@H](C(=O)O)N(C(=O)C(CSC(C)=O)C(F)(F)F)C1. The van der Waals surface area contributed by atoms with E-state index in [0.717, 1.165) is 6.92 Å². The van der Waals surface area contributed by atoms with Gasteiger partial charge in [-0.05, 0) is 0 Å². The van der Waals surface area contributed by atoms with E-state index in [-0.39, 0.29) is 6.42 Å². The van der Waals surface area contributed by atoms with Gasteiger partial charge in [0.15, 0.2) is 10.9 Å². The number of nitrogens with zero attached hydrogens (tertiary/aromatic N) is 1. The molecule has 138 valence electrons. The van der Waals surface area contributed by atoms with Gasteiger partial charge in [0.1, 0.15) is 12.0 Å². The quantitative estimate of drug-likeness (QED) is 0.698. The predicted octanol–water partition coefficient (Wildman–Crippen LogP) is 1.12. The van der Waals surface area contributed by atoms with E-state index in [1.165, 1.54) is 14.2 Å². The van der Waals surface area contributed by atoms with Gasteiger partial charge in [0.2, 0.25) is 5.91 Å².